The predicted octanol–water partition coefficient (Wildman–Crippen LogP) is 4.55. The molecule has 0 atom stereocenters. The summed E-state index contributed by atoms with van der Waals surface area (Å²) in [6.07, 6.45) is 6.27. The summed E-state index contributed by atoms with van der Waals surface area (Å²) in [7, 11) is 0. The van der Waals surface area contributed by atoms with Crippen molar-refractivity contribution < 1.29 is 0 Å². The van der Waals surface area contributed by atoms with E-state index in [2.05, 4.69) is 16.0 Å². The van der Waals surface area contributed by atoms with Crippen LogP contribution in [0.3, 0.4) is 0 Å². The minimum absolute atomic E-state index is 0.668. The van der Waals surface area contributed by atoms with Crippen molar-refractivity contribution in [1.29, 1.82) is 0 Å². The predicted molar refractivity (Wildman–Crippen MR) is 83.0 cm³/mol. The largest absolute Gasteiger partial charge is 0.292 e. The zero-order valence-electron chi connectivity index (χ0n) is 11.1. The van der Waals surface area contributed by atoms with Crippen LogP contribution >= 0.6 is 23.2 Å². The lowest BCUT2D eigenvalue weighted by atomic mass is 10.2. The average molecular weight is 307 g/mol. The van der Waals surface area contributed by atoms with Crippen LogP contribution in [0.25, 0.3) is 0 Å². The molecule has 0 unspecified atom stereocenters. The molecule has 2 aromatic rings. The highest BCUT2D eigenvalue weighted by molar-refractivity contribution is 6.35. The number of nitrogens with zero attached hydrogens (tertiary/aromatic N) is 2. The Balaban J connectivity index is 1.74. The summed E-state index contributed by atoms with van der Waals surface area (Å²) < 4.78 is 0. The highest BCUT2D eigenvalue weighted by atomic mass is 35.5. The van der Waals surface area contributed by atoms with Crippen LogP contribution in [0.5, 0.6) is 0 Å². The van der Waals surface area contributed by atoms with Gasteiger partial charge in [-0.15, -0.1) is 0 Å². The first kappa shape index (κ1) is 13.9. The molecule has 0 radical (unpaired) electrons. The fourth-order valence-electron chi connectivity index (χ4n) is 2.35. The molecule has 1 aromatic heterocycles. The Hall–Kier alpha value is -1.09. The highest BCUT2D eigenvalue weighted by Gasteiger charge is 2.29. The number of halogens is 2. The molecule has 4 heteroatoms. The summed E-state index contributed by atoms with van der Waals surface area (Å²) in [5, 5.41) is 1.43. The zero-order chi connectivity index (χ0) is 13.9. The molecule has 2 nitrogen and oxygen atoms in total. The van der Waals surface area contributed by atoms with Crippen LogP contribution in [-0.4, -0.2) is 15.9 Å². The van der Waals surface area contributed by atoms with Gasteiger partial charge in [-0.25, -0.2) is 0 Å². The monoisotopic (exact) mass is 306 g/mol. The van der Waals surface area contributed by atoms with Crippen LogP contribution in [0.1, 0.15) is 24.0 Å². The smallest absolute Gasteiger partial charge is 0.0465 e. The molecule has 1 aliphatic rings. The Morgan fingerprint density at radius 1 is 1.15 bits per heavy atom. The molecule has 104 valence electrons. The Bertz CT molecular complexity index is 582. The molecular formula is C16H16Cl2N2. The lowest BCUT2D eigenvalue weighted by Crippen LogP contribution is -2.25. The Kier molecular flexibility index (Phi) is 4.25. The first-order valence-corrected chi connectivity index (χ1v) is 7.55. The van der Waals surface area contributed by atoms with Crippen LogP contribution < -0.4 is 0 Å². The molecule has 0 N–H and O–H groups in total. The van der Waals surface area contributed by atoms with Crippen molar-refractivity contribution >= 4 is 23.2 Å². The van der Waals surface area contributed by atoms with Crippen LogP contribution in [0, 0.1) is 0 Å². The van der Waals surface area contributed by atoms with Crippen molar-refractivity contribution in [2.24, 2.45) is 0 Å². The molecule has 0 aliphatic heterocycles. The fraction of sp³-hybridized carbons (Fsp3) is 0.312. The third kappa shape index (κ3) is 3.51. The van der Waals surface area contributed by atoms with E-state index in [0.29, 0.717) is 11.1 Å². The second-order valence-corrected chi connectivity index (χ2v) is 6.08. The third-order valence-electron chi connectivity index (χ3n) is 3.56. The summed E-state index contributed by atoms with van der Waals surface area (Å²) >= 11 is 12.2. The molecule has 1 aromatic carbocycles. The molecule has 0 spiro atoms. The van der Waals surface area contributed by atoms with Crippen molar-refractivity contribution in [3.05, 3.63) is 63.9 Å². The normalized spacial score (nSPS) is 14.8. The van der Waals surface area contributed by atoms with Gasteiger partial charge in [-0.3, -0.25) is 9.88 Å². The second kappa shape index (κ2) is 6.13. The van der Waals surface area contributed by atoms with Gasteiger partial charge in [0, 0.05) is 41.6 Å². The minimum Gasteiger partial charge on any atom is -0.292 e. The molecule has 1 aliphatic carbocycles. The molecule has 3 rings (SSSR count). The number of hydrogen-bond donors (Lipinski definition) is 0. The number of aromatic nitrogens is 1. The Morgan fingerprint density at radius 3 is 2.65 bits per heavy atom. The van der Waals surface area contributed by atoms with Gasteiger partial charge >= 0.3 is 0 Å². The van der Waals surface area contributed by atoms with E-state index < -0.39 is 0 Å². The molecule has 1 heterocycles. The summed E-state index contributed by atoms with van der Waals surface area (Å²) in [6.45, 7) is 1.77. The van der Waals surface area contributed by atoms with Crippen molar-refractivity contribution in [2.75, 3.05) is 0 Å². The van der Waals surface area contributed by atoms with Gasteiger partial charge in [-0.2, -0.15) is 0 Å². The maximum Gasteiger partial charge on any atom is 0.0465 e. The van der Waals surface area contributed by atoms with E-state index in [1.54, 1.807) is 6.20 Å². The van der Waals surface area contributed by atoms with Crippen LogP contribution in [0.15, 0.2) is 42.7 Å². The van der Waals surface area contributed by atoms with Crippen molar-refractivity contribution in [3.63, 3.8) is 0 Å². The Labute approximate surface area is 129 Å². The van der Waals surface area contributed by atoms with E-state index in [1.165, 1.54) is 18.4 Å². The first-order chi connectivity index (χ1) is 9.72. The Morgan fingerprint density at radius 2 is 2.00 bits per heavy atom. The number of benzene rings is 1. The SMILES string of the molecule is Clc1ccc(CN(Cc2cccnc2)C2CC2)c(Cl)c1. The van der Waals surface area contributed by atoms with Gasteiger partial charge in [0.05, 0.1) is 0 Å². The van der Waals surface area contributed by atoms with E-state index in [4.69, 9.17) is 23.2 Å². The molecule has 1 saturated carbocycles. The van der Waals surface area contributed by atoms with E-state index >= 15 is 0 Å². The van der Waals surface area contributed by atoms with Gasteiger partial charge in [-0.1, -0.05) is 35.3 Å². The van der Waals surface area contributed by atoms with Crippen LogP contribution in [-0.2, 0) is 13.1 Å². The van der Waals surface area contributed by atoms with Gasteiger partial charge in [0.1, 0.15) is 0 Å². The molecular weight excluding hydrogens is 291 g/mol. The molecule has 0 amide bonds. The average Bonchev–Trinajstić information content (AvgIpc) is 3.26. The molecule has 20 heavy (non-hydrogen) atoms. The second-order valence-electron chi connectivity index (χ2n) is 5.23. The van der Waals surface area contributed by atoms with Gasteiger partial charge in [-0.05, 0) is 42.2 Å². The van der Waals surface area contributed by atoms with E-state index in [0.717, 1.165) is 23.7 Å². The van der Waals surface area contributed by atoms with Crippen LogP contribution in [0.4, 0.5) is 0 Å². The van der Waals surface area contributed by atoms with Crippen LogP contribution in [0.2, 0.25) is 10.0 Å². The van der Waals surface area contributed by atoms with Crippen molar-refractivity contribution in [3.8, 4) is 0 Å². The van der Waals surface area contributed by atoms with Gasteiger partial charge in [0.2, 0.25) is 0 Å². The fourth-order valence-corrected chi connectivity index (χ4v) is 2.82. The summed E-state index contributed by atoms with van der Waals surface area (Å²) in [6, 6.07) is 10.5. The number of pyridine rings is 1. The van der Waals surface area contributed by atoms with E-state index in [-0.39, 0.29) is 0 Å². The first-order valence-electron chi connectivity index (χ1n) is 6.79. The van der Waals surface area contributed by atoms with Gasteiger partial charge in [0.15, 0.2) is 0 Å². The van der Waals surface area contributed by atoms with Gasteiger partial charge < -0.3 is 0 Å². The number of hydrogen-bond acceptors (Lipinski definition) is 2. The lowest BCUT2D eigenvalue weighted by Gasteiger charge is -2.22. The van der Waals surface area contributed by atoms with E-state index in [9.17, 15) is 0 Å². The van der Waals surface area contributed by atoms with Crippen molar-refractivity contribution in [2.45, 2.75) is 32.0 Å². The summed E-state index contributed by atoms with van der Waals surface area (Å²) in [5.41, 5.74) is 2.37. The van der Waals surface area contributed by atoms with E-state index in [1.807, 2.05) is 30.5 Å². The van der Waals surface area contributed by atoms with Gasteiger partial charge in [0.25, 0.3) is 0 Å². The lowest BCUT2D eigenvalue weighted by molar-refractivity contribution is 0.245. The molecule has 1 fully saturated rings. The maximum atomic E-state index is 6.28. The molecule has 0 saturated heterocycles. The highest BCUT2D eigenvalue weighted by Crippen LogP contribution is 2.31. The summed E-state index contributed by atoms with van der Waals surface area (Å²) in [5.74, 6) is 0. The van der Waals surface area contributed by atoms with Crippen molar-refractivity contribution in [1.82, 2.24) is 9.88 Å². The minimum atomic E-state index is 0.668. The summed E-state index contributed by atoms with van der Waals surface area (Å²) in [4.78, 5) is 6.65. The zero-order valence-corrected chi connectivity index (χ0v) is 12.6. The topological polar surface area (TPSA) is 16.1 Å². The standard InChI is InChI=1S/C16H16Cl2N2/c17-14-4-3-13(16(18)8-14)11-20(15-5-6-15)10-12-2-1-7-19-9-12/h1-4,7-9,15H,5-6,10-11H2. The third-order valence-corrected chi connectivity index (χ3v) is 4.15. The molecule has 0 bridgehead atoms. The maximum absolute atomic E-state index is 6.28. The quantitative estimate of drug-likeness (QED) is 0.805. The number of rotatable bonds is 5.